The molecule has 106 heavy (non-hydrogen) atoms. The number of rotatable bonds is 48. The van der Waals surface area contributed by atoms with Gasteiger partial charge in [-0.15, -0.1) is 40.5 Å². The first-order chi connectivity index (χ1) is 50.2. The molecule has 4 aromatic carbocycles. The van der Waals surface area contributed by atoms with Crippen molar-refractivity contribution in [1.29, 1.82) is 10.5 Å². The Morgan fingerprint density at radius 2 is 0.717 bits per heavy atom. The zero-order chi connectivity index (χ0) is 79.2. The minimum Gasteiger partial charge on any atom is -0.493 e. The summed E-state index contributed by atoms with van der Waals surface area (Å²) < 4.78 is 56.7. The van der Waals surface area contributed by atoms with Crippen molar-refractivity contribution < 1.29 is 106 Å². The molecule has 4 rings (SSSR count). The van der Waals surface area contributed by atoms with Gasteiger partial charge in [0.1, 0.15) is 24.4 Å². The highest BCUT2D eigenvalue weighted by Gasteiger charge is 2.41. The second-order valence-electron chi connectivity index (χ2n) is 25.1. The van der Waals surface area contributed by atoms with Crippen molar-refractivity contribution in [3.8, 4) is 58.1 Å². The Labute approximate surface area is 614 Å². The highest BCUT2D eigenvalue weighted by molar-refractivity contribution is 6.30. The summed E-state index contributed by atoms with van der Waals surface area (Å²) in [4.78, 5) is 130. The standard InChI is InChI=1S/C70H96N10O26/c1-17-29-69(43-71,53-23-27-55(93-11)59(37-53)97-15)31-19-33-73(9)49(7)51-21-25-57(95-13)61(35-51)99-67(63(81)75(39-45(3)103-77(85)86)40-46(4)104-78(87)88)101-65(83)66(84)102-68(64(82)76(41-47(5)105-79(89)90)42-48(6)106-80(91)92)100-62-36-52(22-26-58(62)96-14)50(8)74(10)34-20-32-70(44-72,30-18-2)54-24-28-56(94-12)60(38-54)98-16/h21-28,35-38,45-50,67-68H,17-20,29-34,39-42H2,1-16H3. The van der Waals surface area contributed by atoms with Gasteiger partial charge in [0.25, 0.3) is 20.3 Å². The minimum atomic E-state index is -2.67. The van der Waals surface area contributed by atoms with Crippen LogP contribution in [0.25, 0.3) is 0 Å². The SMILES string of the molecule is CCCC(C#N)(CCCN(C)C(C)c1ccc(OC)c(OC(OC(=O)C(=O)OC(Oc2cc(C(C)N(C)CCCC(C#N)(CCC)c3ccc(OC)c(OC)c3)ccc2OC)C(=O)N(CC(C)O[N+](=O)[O-])CC(C)O[N+](=O)[O-])C(=O)N(CC(C)O[N+](=O)[O-])CC(C)O[N+](=O)[O-])c1)c1ccc(OC)c(OC)c1. The number of nitriles is 2. The molecule has 0 saturated heterocycles. The second-order valence-corrected chi connectivity index (χ2v) is 25.1. The molecule has 10 unspecified atom stereocenters. The fourth-order valence-corrected chi connectivity index (χ4v) is 12.1. The van der Waals surface area contributed by atoms with Gasteiger partial charge < -0.3 is 76.5 Å². The van der Waals surface area contributed by atoms with Gasteiger partial charge in [-0.3, -0.25) is 19.4 Å². The smallest absolute Gasteiger partial charge is 0.421 e. The van der Waals surface area contributed by atoms with Gasteiger partial charge in [-0.1, -0.05) is 51.0 Å². The van der Waals surface area contributed by atoms with Crippen molar-refractivity contribution in [2.45, 2.75) is 167 Å². The number of esters is 2. The first kappa shape index (κ1) is 87.3. The van der Waals surface area contributed by atoms with Crippen LogP contribution in [0.3, 0.4) is 0 Å². The van der Waals surface area contributed by atoms with Crippen LogP contribution in [-0.2, 0) is 58.8 Å². The van der Waals surface area contributed by atoms with Crippen LogP contribution in [0.15, 0.2) is 72.8 Å². The van der Waals surface area contributed by atoms with Gasteiger partial charge in [0.2, 0.25) is 0 Å². The largest absolute Gasteiger partial charge is 0.493 e. The van der Waals surface area contributed by atoms with E-state index < -0.39 is 130 Å². The van der Waals surface area contributed by atoms with E-state index >= 15 is 9.59 Å². The van der Waals surface area contributed by atoms with Gasteiger partial charge in [-0.25, -0.2) is 9.59 Å². The number of carbonyl (C=O) groups excluding carboxylic acids is 4. The molecular weight excluding hydrogens is 1400 g/mol. The van der Waals surface area contributed by atoms with Crippen LogP contribution >= 0.6 is 0 Å². The summed E-state index contributed by atoms with van der Waals surface area (Å²) in [5, 5.41) is 63.1. The molecule has 10 atom stereocenters. The summed E-state index contributed by atoms with van der Waals surface area (Å²) in [5.41, 5.74) is 0.643. The molecule has 0 aliphatic heterocycles. The summed E-state index contributed by atoms with van der Waals surface area (Å²) in [6.45, 7) is 9.95. The van der Waals surface area contributed by atoms with E-state index in [1.165, 1.54) is 66.9 Å². The van der Waals surface area contributed by atoms with Gasteiger partial charge in [0, 0.05) is 38.3 Å². The molecule has 4 aromatic rings. The lowest BCUT2D eigenvalue weighted by Gasteiger charge is -2.31. The molecule has 0 aliphatic rings. The summed E-state index contributed by atoms with van der Waals surface area (Å²) in [6.07, 6.45) is -7.07. The normalized spacial score (nSPS) is 14.5. The summed E-state index contributed by atoms with van der Waals surface area (Å²) in [5.74, 6) is -6.08. The number of carbonyl (C=O) groups is 4. The molecule has 0 N–H and O–H groups in total. The average molecular weight is 1490 g/mol. The maximum Gasteiger partial charge on any atom is 0.421 e. The Kier molecular flexibility index (Phi) is 34.6. The van der Waals surface area contributed by atoms with E-state index in [0.717, 1.165) is 38.8 Å². The fraction of sp³-hybridized carbons (Fsp3) is 0.571. The lowest BCUT2D eigenvalue weighted by Crippen LogP contribution is -2.51. The Morgan fingerprint density at radius 3 is 0.981 bits per heavy atom. The number of hydrogen-bond acceptors (Lipinski definition) is 30. The maximum absolute atomic E-state index is 15.1. The number of benzene rings is 4. The van der Waals surface area contributed by atoms with E-state index in [4.69, 9.17) is 47.4 Å². The molecule has 0 aliphatic carbocycles. The molecule has 0 heterocycles. The highest BCUT2D eigenvalue weighted by Crippen LogP contribution is 2.42. The molecule has 582 valence electrons. The third kappa shape index (κ3) is 25.1. The zero-order valence-electron chi connectivity index (χ0n) is 62.5. The van der Waals surface area contributed by atoms with Crippen LogP contribution in [-0.4, -0.2) is 197 Å². The molecule has 0 spiro atoms. The van der Waals surface area contributed by atoms with Crippen LogP contribution in [0, 0.1) is 63.1 Å². The van der Waals surface area contributed by atoms with Crippen LogP contribution in [0.4, 0.5) is 0 Å². The molecule has 0 aromatic heterocycles. The van der Waals surface area contributed by atoms with Gasteiger partial charge in [-0.05, 0) is 178 Å². The van der Waals surface area contributed by atoms with Gasteiger partial charge in [-0.2, -0.15) is 10.5 Å². The van der Waals surface area contributed by atoms with Crippen LogP contribution < -0.4 is 37.9 Å². The van der Waals surface area contributed by atoms with Gasteiger partial charge in [0.05, 0.1) is 65.6 Å². The van der Waals surface area contributed by atoms with E-state index in [9.17, 15) is 60.6 Å². The minimum absolute atomic E-state index is 0.106. The Balaban J connectivity index is 1.84. The van der Waals surface area contributed by atoms with E-state index in [2.05, 4.69) is 31.5 Å². The molecule has 0 bridgehead atoms. The quantitative estimate of drug-likeness (QED) is 0.0131. The average Bonchev–Trinajstić information content (AvgIpc) is 0.815. The van der Waals surface area contributed by atoms with E-state index in [1.54, 1.807) is 36.4 Å². The lowest BCUT2D eigenvalue weighted by molar-refractivity contribution is -0.768. The van der Waals surface area contributed by atoms with E-state index in [-0.39, 0.29) is 23.0 Å². The van der Waals surface area contributed by atoms with Crippen molar-refractivity contribution in [2.75, 3.05) is 96.0 Å². The predicted molar refractivity (Wildman–Crippen MR) is 374 cm³/mol. The molecule has 0 radical (unpaired) electrons. The van der Waals surface area contributed by atoms with Gasteiger partial charge in [0.15, 0.2) is 46.0 Å². The van der Waals surface area contributed by atoms with Crippen molar-refractivity contribution >= 4 is 23.8 Å². The second kappa shape index (κ2) is 42.0. The van der Waals surface area contributed by atoms with Gasteiger partial charge >= 0.3 is 36.3 Å². The maximum atomic E-state index is 15.1. The zero-order valence-corrected chi connectivity index (χ0v) is 62.5. The molecule has 0 saturated carbocycles. The summed E-state index contributed by atoms with van der Waals surface area (Å²) in [7, 11) is 12.1. The first-order valence-corrected chi connectivity index (χ1v) is 33.9. The number of amides is 2. The van der Waals surface area contributed by atoms with E-state index in [1.807, 2.05) is 63.7 Å². The van der Waals surface area contributed by atoms with E-state index in [0.29, 0.717) is 108 Å². The molecule has 36 nitrogen and oxygen atoms in total. The predicted octanol–water partition coefficient (Wildman–Crippen LogP) is 9.05. The molecule has 36 heteroatoms. The van der Waals surface area contributed by atoms with Crippen molar-refractivity contribution in [3.05, 3.63) is 136 Å². The third-order valence-corrected chi connectivity index (χ3v) is 17.6. The Morgan fingerprint density at radius 1 is 0.434 bits per heavy atom. The fourth-order valence-electron chi connectivity index (χ4n) is 12.1. The van der Waals surface area contributed by atoms with Crippen LogP contribution in [0.2, 0.25) is 0 Å². The Hall–Kier alpha value is -11.1. The lowest BCUT2D eigenvalue weighted by atomic mass is 9.74. The monoisotopic (exact) mass is 1490 g/mol. The van der Waals surface area contributed by atoms with Crippen LogP contribution in [0.5, 0.6) is 46.0 Å². The highest BCUT2D eigenvalue weighted by atomic mass is 17.0. The Bertz CT molecular complexity index is 3430. The summed E-state index contributed by atoms with van der Waals surface area (Å²) >= 11 is 0. The van der Waals surface area contributed by atoms with Crippen molar-refractivity contribution in [3.63, 3.8) is 0 Å². The number of methoxy groups -OCH3 is 6. The topological polar surface area (TPSA) is 431 Å². The number of hydrogen-bond donors (Lipinski definition) is 0. The van der Waals surface area contributed by atoms with Crippen molar-refractivity contribution in [2.24, 2.45) is 0 Å². The van der Waals surface area contributed by atoms with Crippen molar-refractivity contribution in [1.82, 2.24) is 19.6 Å². The molecular formula is C70H96N10O26. The number of nitrogens with zero attached hydrogens (tertiary/aromatic N) is 10. The van der Waals surface area contributed by atoms with Crippen LogP contribution in [0.1, 0.15) is 141 Å². The molecule has 0 fully saturated rings. The first-order valence-electron chi connectivity index (χ1n) is 33.9. The number of ether oxygens (including phenoxy) is 10. The summed E-state index contributed by atoms with van der Waals surface area (Å²) in [6, 6.07) is 23.9. The molecule has 2 amide bonds. The third-order valence-electron chi connectivity index (χ3n) is 17.6.